The lowest BCUT2D eigenvalue weighted by molar-refractivity contribution is -0.274. The summed E-state index contributed by atoms with van der Waals surface area (Å²) in [5.74, 6) is -0.785. The molecule has 1 aliphatic carbocycles. The fraction of sp³-hybridized carbons (Fsp3) is 0.571. The number of alkyl halides is 3. The molecule has 3 amide bonds. The number of hydrogen-bond acceptors (Lipinski definition) is 4. The van der Waals surface area contributed by atoms with Crippen LogP contribution in [0.5, 0.6) is 5.75 Å². The van der Waals surface area contributed by atoms with E-state index in [4.69, 9.17) is 0 Å². The second kappa shape index (κ2) is 9.57. The molecule has 7 nitrogen and oxygen atoms in total. The molecule has 0 aromatic heterocycles. The number of ether oxygens (including phenoxy) is 1. The predicted octanol–water partition coefficient (Wildman–Crippen LogP) is 2.33. The summed E-state index contributed by atoms with van der Waals surface area (Å²) >= 11 is 0. The molecule has 10 heteroatoms. The zero-order chi connectivity index (χ0) is 22.6. The molecule has 1 heterocycles. The topological polar surface area (TPSA) is 87.7 Å². The van der Waals surface area contributed by atoms with Crippen molar-refractivity contribution in [2.75, 3.05) is 26.2 Å². The van der Waals surface area contributed by atoms with E-state index >= 15 is 0 Å². The van der Waals surface area contributed by atoms with Crippen LogP contribution in [0.1, 0.15) is 36.5 Å². The Labute approximate surface area is 178 Å². The number of carbonyl (C=O) groups excluding carboxylic acids is 3. The van der Waals surface area contributed by atoms with E-state index < -0.39 is 6.36 Å². The van der Waals surface area contributed by atoms with E-state index in [1.54, 1.807) is 4.90 Å². The number of rotatable bonds is 7. The third kappa shape index (κ3) is 6.11. The third-order valence-corrected chi connectivity index (χ3v) is 5.79. The molecular formula is C21H26F3N3O4. The molecule has 1 saturated heterocycles. The van der Waals surface area contributed by atoms with Crippen molar-refractivity contribution in [3.05, 3.63) is 29.8 Å². The van der Waals surface area contributed by atoms with Gasteiger partial charge in [-0.15, -0.1) is 13.2 Å². The number of carbonyl (C=O) groups is 3. The highest BCUT2D eigenvalue weighted by molar-refractivity contribution is 5.94. The molecular weight excluding hydrogens is 415 g/mol. The molecule has 170 valence electrons. The Morgan fingerprint density at radius 2 is 1.61 bits per heavy atom. The van der Waals surface area contributed by atoms with Gasteiger partial charge in [0.15, 0.2) is 0 Å². The number of nitrogens with zero attached hydrogens (tertiary/aromatic N) is 1. The molecule has 2 N–H and O–H groups in total. The molecule has 0 spiro atoms. The first kappa shape index (κ1) is 22.9. The van der Waals surface area contributed by atoms with Crippen LogP contribution in [0.3, 0.4) is 0 Å². The lowest BCUT2D eigenvalue weighted by Gasteiger charge is -2.37. The van der Waals surface area contributed by atoms with Crippen molar-refractivity contribution in [2.45, 2.75) is 32.5 Å². The standard InChI is InChI=1S/C21H26F3N3O4/c1-13(28)25-9-2-10-26-19(29)18-15-3-4-16(18)12-27(11-15)20(30)14-5-7-17(8-6-14)31-21(22,23)24/h5-8,15-16,18H,2-4,9-12H2,1H3,(H,25,28)(H,26,29)/t15-,16-/m0/s1. The molecule has 0 radical (unpaired) electrons. The van der Waals surface area contributed by atoms with Gasteiger partial charge in [-0.1, -0.05) is 0 Å². The Hall–Kier alpha value is -2.78. The highest BCUT2D eigenvalue weighted by Crippen LogP contribution is 2.42. The minimum absolute atomic E-state index is 0.0175. The van der Waals surface area contributed by atoms with Gasteiger partial charge in [-0.05, 0) is 55.4 Å². The van der Waals surface area contributed by atoms with Gasteiger partial charge in [0.2, 0.25) is 11.8 Å². The molecule has 1 aliphatic heterocycles. The van der Waals surface area contributed by atoms with Gasteiger partial charge in [0.25, 0.3) is 5.91 Å². The Morgan fingerprint density at radius 1 is 1.03 bits per heavy atom. The van der Waals surface area contributed by atoms with E-state index in [2.05, 4.69) is 15.4 Å². The summed E-state index contributed by atoms with van der Waals surface area (Å²) < 4.78 is 40.7. The normalized spacial score (nSPS) is 22.7. The zero-order valence-electron chi connectivity index (χ0n) is 17.2. The highest BCUT2D eigenvalue weighted by Gasteiger charge is 2.46. The van der Waals surface area contributed by atoms with Gasteiger partial charge < -0.3 is 20.3 Å². The third-order valence-electron chi connectivity index (χ3n) is 5.79. The Balaban J connectivity index is 1.52. The van der Waals surface area contributed by atoms with Crippen LogP contribution in [0.4, 0.5) is 13.2 Å². The fourth-order valence-corrected chi connectivity index (χ4v) is 4.48. The summed E-state index contributed by atoms with van der Waals surface area (Å²) in [6.07, 6.45) is -2.42. The van der Waals surface area contributed by atoms with Crippen LogP contribution >= 0.6 is 0 Å². The van der Waals surface area contributed by atoms with Gasteiger partial charge >= 0.3 is 6.36 Å². The van der Waals surface area contributed by atoms with Crippen LogP contribution in [0.25, 0.3) is 0 Å². The fourth-order valence-electron chi connectivity index (χ4n) is 4.48. The van der Waals surface area contributed by atoms with E-state index in [9.17, 15) is 27.6 Å². The summed E-state index contributed by atoms with van der Waals surface area (Å²) in [6, 6.07) is 4.88. The number of benzene rings is 1. The van der Waals surface area contributed by atoms with Crippen molar-refractivity contribution in [1.82, 2.24) is 15.5 Å². The maximum Gasteiger partial charge on any atom is 0.573 e. The summed E-state index contributed by atoms with van der Waals surface area (Å²) in [7, 11) is 0. The first-order chi connectivity index (χ1) is 14.6. The molecule has 2 fully saturated rings. The van der Waals surface area contributed by atoms with Crippen molar-refractivity contribution in [3.8, 4) is 5.75 Å². The smallest absolute Gasteiger partial charge is 0.406 e. The monoisotopic (exact) mass is 441 g/mol. The van der Waals surface area contributed by atoms with E-state index in [1.165, 1.54) is 19.1 Å². The van der Waals surface area contributed by atoms with Crippen molar-refractivity contribution in [2.24, 2.45) is 17.8 Å². The lowest BCUT2D eigenvalue weighted by atomic mass is 9.84. The van der Waals surface area contributed by atoms with Gasteiger partial charge in [-0.2, -0.15) is 0 Å². The zero-order valence-corrected chi connectivity index (χ0v) is 17.2. The first-order valence-corrected chi connectivity index (χ1v) is 10.3. The summed E-state index contributed by atoms with van der Waals surface area (Å²) in [4.78, 5) is 38.0. The average Bonchev–Trinajstić information content (AvgIpc) is 2.96. The van der Waals surface area contributed by atoms with Crippen molar-refractivity contribution in [3.63, 3.8) is 0 Å². The van der Waals surface area contributed by atoms with E-state index in [0.29, 0.717) is 32.6 Å². The number of piperidine rings is 1. The van der Waals surface area contributed by atoms with Gasteiger partial charge in [0, 0.05) is 44.6 Å². The molecule has 2 atom stereocenters. The molecule has 1 aromatic carbocycles. The molecule has 0 unspecified atom stereocenters. The molecule has 1 aromatic rings. The Kier molecular flexibility index (Phi) is 7.07. The average molecular weight is 441 g/mol. The van der Waals surface area contributed by atoms with Gasteiger partial charge in [-0.25, -0.2) is 0 Å². The molecule has 1 saturated carbocycles. The molecule has 3 rings (SSSR count). The minimum atomic E-state index is -4.78. The van der Waals surface area contributed by atoms with Crippen LogP contribution in [0.2, 0.25) is 0 Å². The largest absolute Gasteiger partial charge is 0.573 e. The predicted molar refractivity (Wildman–Crippen MR) is 105 cm³/mol. The first-order valence-electron chi connectivity index (χ1n) is 10.3. The van der Waals surface area contributed by atoms with Crippen LogP contribution in [-0.2, 0) is 9.59 Å². The second-order valence-electron chi connectivity index (χ2n) is 8.03. The SMILES string of the molecule is CC(=O)NCCCNC(=O)C1[C@H]2CC[C@H]1CN(C(=O)c1ccc(OC(F)(F)F)cc1)C2. The van der Waals surface area contributed by atoms with Crippen molar-refractivity contribution in [1.29, 1.82) is 0 Å². The number of amides is 3. The lowest BCUT2D eigenvalue weighted by Crippen LogP contribution is -2.50. The van der Waals surface area contributed by atoms with Gasteiger partial charge in [0.1, 0.15) is 5.75 Å². The maximum atomic E-state index is 12.8. The second-order valence-corrected chi connectivity index (χ2v) is 8.03. The van der Waals surface area contributed by atoms with Gasteiger partial charge in [0.05, 0.1) is 0 Å². The van der Waals surface area contributed by atoms with E-state index in [1.807, 2.05) is 0 Å². The van der Waals surface area contributed by atoms with Crippen LogP contribution in [0, 0.1) is 17.8 Å². The van der Waals surface area contributed by atoms with Crippen LogP contribution < -0.4 is 15.4 Å². The molecule has 31 heavy (non-hydrogen) atoms. The Morgan fingerprint density at radius 3 is 2.16 bits per heavy atom. The van der Waals surface area contributed by atoms with Crippen LogP contribution in [-0.4, -0.2) is 55.2 Å². The number of hydrogen-bond donors (Lipinski definition) is 2. The summed E-state index contributed by atoms with van der Waals surface area (Å²) in [6.45, 7) is 3.31. The molecule has 2 aliphatic rings. The number of fused-ring (bicyclic) bond motifs is 2. The summed E-state index contributed by atoms with van der Waals surface area (Å²) in [5, 5.41) is 5.61. The van der Waals surface area contributed by atoms with Crippen molar-refractivity contribution < 1.29 is 32.3 Å². The highest BCUT2D eigenvalue weighted by atomic mass is 19.4. The van der Waals surface area contributed by atoms with E-state index in [0.717, 1.165) is 25.0 Å². The maximum absolute atomic E-state index is 12.8. The Bertz CT molecular complexity index is 799. The van der Waals surface area contributed by atoms with E-state index in [-0.39, 0.29) is 46.8 Å². The number of likely N-dealkylation sites (tertiary alicyclic amines) is 1. The van der Waals surface area contributed by atoms with Crippen LogP contribution in [0.15, 0.2) is 24.3 Å². The minimum Gasteiger partial charge on any atom is -0.406 e. The van der Waals surface area contributed by atoms with Gasteiger partial charge in [-0.3, -0.25) is 14.4 Å². The number of nitrogens with one attached hydrogen (secondary N) is 2. The summed E-state index contributed by atoms with van der Waals surface area (Å²) in [5.41, 5.74) is 0.287. The quantitative estimate of drug-likeness (QED) is 0.636. The molecule has 2 bridgehead atoms. The number of halogens is 3. The van der Waals surface area contributed by atoms with Crippen molar-refractivity contribution >= 4 is 17.7 Å².